The zero-order chi connectivity index (χ0) is 15.9. The highest BCUT2D eigenvalue weighted by Crippen LogP contribution is 2.45. The van der Waals surface area contributed by atoms with Crippen LogP contribution in [0, 0.1) is 20.8 Å². The molecular formula is C20H24O2. The van der Waals surface area contributed by atoms with Gasteiger partial charge in [-0.1, -0.05) is 30.3 Å². The molecule has 3 rings (SSSR count). The second-order valence-corrected chi connectivity index (χ2v) is 6.82. The van der Waals surface area contributed by atoms with Crippen LogP contribution in [0.4, 0.5) is 0 Å². The molecule has 2 aromatic rings. The van der Waals surface area contributed by atoms with Crippen LogP contribution in [0.2, 0.25) is 0 Å². The van der Waals surface area contributed by atoms with Crippen molar-refractivity contribution in [3.05, 3.63) is 58.1 Å². The molecule has 1 heterocycles. The zero-order valence-electron chi connectivity index (χ0n) is 14.1. The fourth-order valence-electron chi connectivity index (χ4n) is 3.19. The monoisotopic (exact) mass is 296 g/mol. The van der Waals surface area contributed by atoms with Crippen LogP contribution in [-0.2, 0) is 13.0 Å². The van der Waals surface area contributed by atoms with Crippen LogP contribution in [0.1, 0.15) is 41.7 Å². The van der Waals surface area contributed by atoms with E-state index < -0.39 is 0 Å². The predicted octanol–water partition coefficient (Wildman–Crippen LogP) is 4.90. The average Bonchev–Trinajstić information content (AvgIpc) is 2.82. The Hall–Kier alpha value is -1.96. The van der Waals surface area contributed by atoms with Gasteiger partial charge in [0.25, 0.3) is 0 Å². The number of hydrogen-bond acceptors (Lipinski definition) is 2. The van der Waals surface area contributed by atoms with E-state index in [4.69, 9.17) is 9.47 Å². The Morgan fingerprint density at radius 1 is 1.00 bits per heavy atom. The summed E-state index contributed by atoms with van der Waals surface area (Å²) in [6.07, 6.45) is 0.941. The third kappa shape index (κ3) is 2.58. The lowest BCUT2D eigenvalue weighted by atomic mass is 9.93. The first-order valence-corrected chi connectivity index (χ1v) is 7.87. The molecule has 0 radical (unpaired) electrons. The molecule has 2 aromatic carbocycles. The van der Waals surface area contributed by atoms with E-state index in [9.17, 15) is 0 Å². The minimum atomic E-state index is -0.123. The van der Waals surface area contributed by atoms with E-state index in [1.54, 1.807) is 0 Å². The number of rotatable bonds is 3. The smallest absolute Gasteiger partial charge is 0.127 e. The van der Waals surface area contributed by atoms with Crippen molar-refractivity contribution in [2.45, 2.75) is 53.2 Å². The van der Waals surface area contributed by atoms with Crippen LogP contribution in [-0.4, -0.2) is 5.60 Å². The van der Waals surface area contributed by atoms with Crippen molar-refractivity contribution in [3.8, 4) is 11.5 Å². The van der Waals surface area contributed by atoms with Crippen molar-refractivity contribution in [2.24, 2.45) is 0 Å². The third-order valence-electron chi connectivity index (χ3n) is 4.52. The molecule has 1 aliphatic rings. The van der Waals surface area contributed by atoms with Gasteiger partial charge in [-0.25, -0.2) is 0 Å². The summed E-state index contributed by atoms with van der Waals surface area (Å²) < 4.78 is 12.3. The molecule has 0 N–H and O–H groups in total. The summed E-state index contributed by atoms with van der Waals surface area (Å²) >= 11 is 0. The van der Waals surface area contributed by atoms with Gasteiger partial charge in [-0.05, 0) is 56.9 Å². The average molecular weight is 296 g/mol. The number of fused-ring (bicyclic) bond motifs is 1. The maximum Gasteiger partial charge on any atom is 0.127 e. The summed E-state index contributed by atoms with van der Waals surface area (Å²) in [7, 11) is 0. The standard InChI is InChI=1S/C20H24O2/c1-13-14(2)19-17(11-20(4,5)22-19)15(3)18(13)21-12-16-9-7-6-8-10-16/h6-10H,11-12H2,1-5H3. The normalized spacial score (nSPS) is 15.3. The summed E-state index contributed by atoms with van der Waals surface area (Å²) in [5.74, 6) is 2.08. The topological polar surface area (TPSA) is 18.5 Å². The minimum absolute atomic E-state index is 0.123. The Bertz CT molecular complexity index is 700. The van der Waals surface area contributed by atoms with Crippen molar-refractivity contribution < 1.29 is 9.47 Å². The lowest BCUT2D eigenvalue weighted by molar-refractivity contribution is 0.137. The molecule has 0 saturated heterocycles. The molecule has 116 valence electrons. The van der Waals surface area contributed by atoms with Crippen LogP contribution in [0.3, 0.4) is 0 Å². The molecular weight excluding hydrogens is 272 g/mol. The van der Waals surface area contributed by atoms with Gasteiger partial charge in [0, 0.05) is 12.0 Å². The Labute approximate surface area is 133 Å². The molecule has 0 fully saturated rings. The molecule has 2 nitrogen and oxygen atoms in total. The Balaban J connectivity index is 1.95. The summed E-state index contributed by atoms with van der Waals surface area (Å²) in [4.78, 5) is 0. The number of benzene rings is 2. The van der Waals surface area contributed by atoms with Crippen LogP contribution >= 0.6 is 0 Å². The molecule has 0 atom stereocenters. The Morgan fingerprint density at radius 3 is 2.36 bits per heavy atom. The molecule has 0 spiro atoms. The first kappa shape index (κ1) is 15.0. The van der Waals surface area contributed by atoms with Crippen molar-refractivity contribution in [1.29, 1.82) is 0 Å². The van der Waals surface area contributed by atoms with Crippen LogP contribution in [0.15, 0.2) is 30.3 Å². The van der Waals surface area contributed by atoms with Gasteiger partial charge in [0.2, 0.25) is 0 Å². The predicted molar refractivity (Wildman–Crippen MR) is 89.8 cm³/mol. The van der Waals surface area contributed by atoms with E-state index in [2.05, 4.69) is 46.8 Å². The van der Waals surface area contributed by atoms with Gasteiger partial charge in [-0.15, -0.1) is 0 Å². The largest absolute Gasteiger partial charge is 0.488 e. The highest BCUT2D eigenvalue weighted by Gasteiger charge is 2.34. The Morgan fingerprint density at radius 2 is 1.68 bits per heavy atom. The molecule has 0 saturated carbocycles. The quantitative estimate of drug-likeness (QED) is 0.801. The minimum Gasteiger partial charge on any atom is -0.488 e. The summed E-state index contributed by atoms with van der Waals surface area (Å²) in [6, 6.07) is 10.3. The summed E-state index contributed by atoms with van der Waals surface area (Å²) in [5, 5.41) is 0. The van der Waals surface area contributed by atoms with E-state index in [-0.39, 0.29) is 5.60 Å². The van der Waals surface area contributed by atoms with E-state index >= 15 is 0 Å². The lowest BCUT2D eigenvalue weighted by Crippen LogP contribution is -2.24. The maximum absolute atomic E-state index is 6.17. The Kier molecular flexibility index (Phi) is 3.64. The number of ether oxygens (including phenoxy) is 2. The van der Waals surface area contributed by atoms with Crippen molar-refractivity contribution >= 4 is 0 Å². The molecule has 0 amide bonds. The fraction of sp³-hybridized carbons (Fsp3) is 0.400. The van der Waals surface area contributed by atoms with Gasteiger partial charge < -0.3 is 9.47 Å². The number of hydrogen-bond donors (Lipinski definition) is 0. The maximum atomic E-state index is 6.17. The van der Waals surface area contributed by atoms with Crippen molar-refractivity contribution in [2.75, 3.05) is 0 Å². The fourth-order valence-corrected chi connectivity index (χ4v) is 3.19. The SMILES string of the molecule is Cc1c(C)c2c(c(C)c1OCc1ccccc1)CC(C)(C)O2. The van der Waals surface area contributed by atoms with Crippen LogP contribution in [0.25, 0.3) is 0 Å². The summed E-state index contributed by atoms with van der Waals surface area (Å²) in [5.41, 5.74) is 5.98. The van der Waals surface area contributed by atoms with Crippen LogP contribution in [0.5, 0.6) is 11.5 Å². The molecule has 0 aliphatic carbocycles. The van der Waals surface area contributed by atoms with E-state index in [1.165, 1.54) is 27.8 Å². The zero-order valence-corrected chi connectivity index (χ0v) is 14.1. The van der Waals surface area contributed by atoms with Gasteiger partial charge in [0.1, 0.15) is 23.7 Å². The highest BCUT2D eigenvalue weighted by atomic mass is 16.5. The van der Waals surface area contributed by atoms with Gasteiger partial charge in [-0.2, -0.15) is 0 Å². The molecule has 1 aliphatic heterocycles. The third-order valence-corrected chi connectivity index (χ3v) is 4.52. The van der Waals surface area contributed by atoms with Crippen molar-refractivity contribution in [1.82, 2.24) is 0 Å². The first-order chi connectivity index (χ1) is 10.4. The van der Waals surface area contributed by atoms with Gasteiger partial charge in [-0.3, -0.25) is 0 Å². The molecule has 0 unspecified atom stereocenters. The van der Waals surface area contributed by atoms with Crippen LogP contribution < -0.4 is 9.47 Å². The van der Waals surface area contributed by atoms with Gasteiger partial charge in [0.05, 0.1) is 0 Å². The molecule has 0 bridgehead atoms. The molecule has 22 heavy (non-hydrogen) atoms. The van der Waals surface area contributed by atoms with Gasteiger partial charge in [0.15, 0.2) is 0 Å². The summed E-state index contributed by atoms with van der Waals surface area (Å²) in [6.45, 7) is 11.3. The molecule has 2 heteroatoms. The van der Waals surface area contributed by atoms with E-state index in [0.29, 0.717) is 6.61 Å². The first-order valence-electron chi connectivity index (χ1n) is 7.87. The lowest BCUT2D eigenvalue weighted by Gasteiger charge is -2.19. The van der Waals surface area contributed by atoms with Gasteiger partial charge >= 0.3 is 0 Å². The highest BCUT2D eigenvalue weighted by molar-refractivity contribution is 5.60. The van der Waals surface area contributed by atoms with E-state index in [1.807, 2.05) is 18.2 Å². The second-order valence-electron chi connectivity index (χ2n) is 6.82. The van der Waals surface area contributed by atoms with Crippen molar-refractivity contribution in [3.63, 3.8) is 0 Å². The molecule has 0 aromatic heterocycles. The second kappa shape index (κ2) is 5.35. The van der Waals surface area contributed by atoms with E-state index in [0.717, 1.165) is 17.9 Å².